The van der Waals surface area contributed by atoms with E-state index in [1.807, 2.05) is 18.2 Å². The summed E-state index contributed by atoms with van der Waals surface area (Å²) in [5.41, 5.74) is 2.30. The highest BCUT2D eigenvalue weighted by molar-refractivity contribution is 7.01. The Morgan fingerprint density at radius 2 is 2.06 bits per heavy atom. The molecule has 0 aromatic heterocycles. The second kappa shape index (κ2) is 4.57. The van der Waals surface area contributed by atoms with E-state index in [0.717, 1.165) is 17.2 Å². The van der Waals surface area contributed by atoms with Crippen LogP contribution in [0.3, 0.4) is 0 Å². The normalized spacial score (nSPS) is 16.4. The van der Waals surface area contributed by atoms with E-state index in [1.165, 1.54) is 17.9 Å². The van der Waals surface area contributed by atoms with Crippen molar-refractivity contribution in [2.24, 2.45) is 0 Å². The number of esters is 1. The third-order valence-electron chi connectivity index (χ3n) is 3.59. The Morgan fingerprint density at radius 1 is 1.39 bits per heavy atom. The fourth-order valence-corrected chi connectivity index (χ4v) is 6.07. The van der Waals surface area contributed by atoms with Gasteiger partial charge in [-0.25, -0.2) is 4.79 Å². The van der Waals surface area contributed by atoms with Crippen LogP contribution in [-0.2, 0) is 9.53 Å². The molecule has 0 aliphatic carbocycles. The summed E-state index contributed by atoms with van der Waals surface area (Å²) in [5.74, 6) is -0.181. The minimum Gasteiger partial charge on any atom is -0.466 e. The predicted molar refractivity (Wildman–Crippen MR) is 77.3 cm³/mol. The molecule has 0 saturated carbocycles. The number of hydrogen-bond acceptors (Lipinski definition) is 2. The maximum Gasteiger partial charge on any atom is 0.330 e. The van der Waals surface area contributed by atoms with Crippen LogP contribution in [-0.4, -0.2) is 21.2 Å². The minimum absolute atomic E-state index is 0.181. The number of rotatable bonds is 3. The molecule has 0 unspecified atom stereocenters. The lowest BCUT2D eigenvalue weighted by Crippen LogP contribution is -2.44. The zero-order valence-corrected chi connectivity index (χ0v) is 12.1. The highest BCUT2D eigenvalue weighted by Crippen LogP contribution is 2.36. The SMILES string of the molecule is C=CCC1=C(C(=O)OC)[Si](C)(C)c2ccccc21. The standard InChI is InChI=1S/C15H18O2Si/c1-5-8-12-11-9-6-7-10-13(11)18(3,4)14(12)15(16)17-2/h5-7,9-10H,1,8H2,2-4H3. The Labute approximate surface area is 109 Å². The quantitative estimate of drug-likeness (QED) is 0.473. The van der Waals surface area contributed by atoms with E-state index in [1.54, 1.807) is 0 Å². The Morgan fingerprint density at radius 3 is 2.67 bits per heavy atom. The number of carbonyl (C=O) groups excluding carboxylic acids is 1. The van der Waals surface area contributed by atoms with Crippen LogP contribution in [0.25, 0.3) is 5.57 Å². The number of carbonyl (C=O) groups is 1. The number of hydrogen-bond donors (Lipinski definition) is 0. The van der Waals surface area contributed by atoms with Crippen molar-refractivity contribution < 1.29 is 9.53 Å². The molecule has 1 heterocycles. The molecule has 1 aliphatic heterocycles. The largest absolute Gasteiger partial charge is 0.466 e. The van der Waals surface area contributed by atoms with E-state index in [0.29, 0.717) is 0 Å². The molecule has 0 radical (unpaired) electrons. The van der Waals surface area contributed by atoms with Crippen molar-refractivity contribution in [3.63, 3.8) is 0 Å². The number of methoxy groups -OCH3 is 1. The number of allylic oxidation sites excluding steroid dienone is 2. The van der Waals surface area contributed by atoms with E-state index >= 15 is 0 Å². The lowest BCUT2D eigenvalue weighted by Gasteiger charge is -2.20. The van der Waals surface area contributed by atoms with Crippen molar-refractivity contribution in [3.05, 3.63) is 47.7 Å². The summed E-state index contributed by atoms with van der Waals surface area (Å²) >= 11 is 0. The smallest absolute Gasteiger partial charge is 0.330 e. The molecule has 94 valence electrons. The van der Waals surface area contributed by atoms with E-state index < -0.39 is 8.07 Å². The molecule has 0 atom stereocenters. The number of benzene rings is 1. The predicted octanol–water partition coefficient (Wildman–Crippen LogP) is 2.66. The zero-order chi connectivity index (χ0) is 13.3. The van der Waals surface area contributed by atoms with Crippen LogP contribution in [0.15, 0.2) is 42.1 Å². The number of fused-ring (bicyclic) bond motifs is 1. The molecule has 0 fully saturated rings. The average molecular weight is 258 g/mol. The van der Waals surface area contributed by atoms with Crippen molar-refractivity contribution in [1.82, 2.24) is 0 Å². The first-order valence-electron chi connectivity index (χ1n) is 6.06. The molecule has 0 spiro atoms. The van der Waals surface area contributed by atoms with Gasteiger partial charge < -0.3 is 4.74 Å². The summed E-state index contributed by atoms with van der Waals surface area (Å²) < 4.78 is 4.98. The van der Waals surface area contributed by atoms with E-state index in [4.69, 9.17) is 4.74 Å². The molecule has 1 aromatic carbocycles. The molecule has 18 heavy (non-hydrogen) atoms. The molecule has 3 heteroatoms. The third-order valence-corrected chi connectivity index (χ3v) is 7.13. The lowest BCUT2D eigenvalue weighted by molar-refractivity contribution is -0.135. The molecular formula is C15H18O2Si. The summed E-state index contributed by atoms with van der Waals surface area (Å²) in [4.78, 5) is 12.1. The zero-order valence-electron chi connectivity index (χ0n) is 11.1. The summed E-state index contributed by atoms with van der Waals surface area (Å²) in [5, 5.41) is 2.22. The molecular weight excluding hydrogens is 240 g/mol. The van der Waals surface area contributed by atoms with Gasteiger partial charge in [-0.2, -0.15) is 0 Å². The van der Waals surface area contributed by atoms with Gasteiger partial charge in [-0.1, -0.05) is 43.4 Å². The summed E-state index contributed by atoms with van der Waals surface area (Å²) in [6.07, 6.45) is 2.57. The summed E-state index contributed by atoms with van der Waals surface area (Å²) in [6, 6.07) is 8.30. The summed E-state index contributed by atoms with van der Waals surface area (Å²) in [6.45, 7) is 8.20. The first kappa shape index (κ1) is 12.8. The van der Waals surface area contributed by atoms with Gasteiger partial charge in [-0.05, 0) is 22.7 Å². The van der Waals surface area contributed by atoms with Gasteiger partial charge in [0, 0.05) is 5.20 Å². The monoisotopic (exact) mass is 258 g/mol. The van der Waals surface area contributed by atoms with Gasteiger partial charge >= 0.3 is 5.97 Å². The van der Waals surface area contributed by atoms with Crippen molar-refractivity contribution in [2.45, 2.75) is 19.5 Å². The second-order valence-electron chi connectivity index (χ2n) is 5.01. The first-order chi connectivity index (χ1) is 8.54. The molecule has 0 N–H and O–H groups in total. The molecule has 0 saturated heterocycles. The second-order valence-corrected chi connectivity index (χ2v) is 9.30. The molecule has 2 nitrogen and oxygen atoms in total. The van der Waals surface area contributed by atoms with Gasteiger partial charge in [0.2, 0.25) is 0 Å². The topological polar surface area (TPSA) is 26.3 Å². The van der Waals surface area contributed by atoms with E-state index in [9.17, 15) is 4.79 Å². The fourth-order valence-electron chi connectivity index (χ4n) is 2.77. The number of ether oxygens (including phenoxy) is 1. The van der Waals surface area contributed by atoms with Gasteiger partial charge in [0.05, 0.1) is 7.11 Å². The lowest BCUT2D eigenvalue weighted by atomic mass is 10.0. The van der Waals surface area contributed by atoms with Gasteiger partial charge in [-0.15, -0.1) is 6.58 Å². The molecule has 0 amide bonds. The Balaban J connectivity index is 2.69. The van der Waals surface area contributed by atoms with Crippen molar-refractivity contribution in [2.75, 3.05) is 7.11 Å². The van der Waals surface area contributed by atoms with Gasteiger partial charge in [0.25, 0.3) is 0 Å². The average Bonchev–Trinajstić information content (AvgIpc) is 2.58. The van der Waals surface area contributed by atoms with Crippen molar-refractivity contribution >= 4 is 24.8 Å². The van der Waals surface area contributed by atoms with E-state index in [-0.39, 0.29) is 5.97 Å². The maximum atomic E-state index is 12.1. The Hall–Kier alpha value is -1.61. The molecule has 0 bridgehead atoms. The van der Waals surface area contributed by atoms with Crippen LogP contribution >= 0.6 is 0 Å². The Bertz CT molecular complexity index is 541. The van der Waals surface area contributed by atoms with E-state index in [2.05, 4.69) is 31.8 Å². The van der Waals surface area contributed by atoms with Crippen LogP contribution < -0.4 is 5.19 Å². The van der Waals surface area contributed by atoms with Crippen LogP contribution in [0.2, 0.25) is 13.1 Å². The van der Waals surface area contributed by atoms with Gasteiger partial charge in [0.15, 0.2) is 0 Å². The van der Waals surface area contributed by atoms with Gasteiger partial charge in [-0.3, -0.25) is 0 Å². The van der Waals surface area contributed by atoms with Crippen LogP contribution in [0.5, 0.6) is 0 Å². The molecule has 1 aromatic rings. The fraction of sp³-hybridized carbons (Fsp3) is 0.267. The third kappa shape index (κ3) is 1.75. The first-order valence-corrected chi connectivity index (χ1v) is 9.06. The van der Waals surface area contributed by atoms with Crippen LogP contribution in [0, 0.1) is 0 Å². The molecule has 2 rings (SSSR count). The van der Waals surface area contributed by atoms with Crippen molar-refractivity contribution in [3.8, 4) is 0 Å². The summed E-state index contributed by atoms with van der Waals surface area (Å²) in [7, 11) is -0.465. The van der Waals surface area contributed by atoms with Crippen molar-refractivity contribution in [1.29, 1.82) is 0 Å². The molecule has 1 aliphatic rings. The highest BCUT2D eigenvalue weighted by Gasteiger charge is 2.42. The highest BCUT2D eigenvalue weighted by atomic mass is 28.3. The maximum absolute atomic E-state index is 12.1. The minimum atomic E-state index is -1.92. The van der Waals surface area contributed by atoms with Crippen LogP contribution in [0.1, 0.15) is 12.0 Å². The van der Waals surface area contributed by atoms with Gasteiger partial charge in [0.1, 0.15) is 8.07 Å². The van der Waals surface area contributed by atoms with Crippen LogP contribution in [0.4, 0.5) is 0 Å². The Kier molecular flexibility index (Phi) is 3.26.